The summed E-state index contributed by atoms with van der Waals surface area (Å²) in [5, 5.41) is 1.19. The number of benzene rings is 3. The highest BCUT2D eigenvalue weighted by Crippen LogP contribution is 2.33. The van der Waals surface area contributed by atoms with Crippen molar-refractivity contribution in [2.45, 2.75) is 0 Å². The smallest absolute Gasteiger partial charge is 0.248 e. The van der Waals surface area contributed by atoms with Gasteiger partial charge in [0.1, 0.15) is 5.82 Å². The third kappa shape index (κ3) is 3.87. The molecule has 0 saturated carbocycles. The lowest BCUT2D eigenvalue weighted by Crippen LogP contribution is -2.46. The lowest BCUT2D eigenvalue weighted by molar-refractivity contribution is 0.100. The molecule has 3 N–H and O–H groups in total. The maximum absolute atomic E-state index is 11.4. The standard InChI is InChI=1S/C24H21Cl2N5O/c25-18-2-1-3-21(22(18)26)31-12-10-30(11-13-31)17-7-4-15(5-8-17)24-28-19-9-6-16(23(27)32)14-20(19)29-24/h1-9,14H,10-13H2,(H2,27,32)(H,28,29). The Morgan fingerprint density at radius 2 is 1.66 bits per heavy atom. The molecule has 0 unspecified atom stereocenters. The number of aromatic nitrogens is 2. The number of nitrogens with two attached hydrogens (primary N) is 1. The number of carbonyl (C=O) groups is 1. The van der Waals surface area contributed by atoms with Crippen LogP contribution in [0, 0.1) is 0 Å². The minimum Gasteiger partial charge on any atom is -0.368 e. The zero-order valence-corrected chi connectivity index (χ0v) is 18.7. The first kappa shape index (κ1) is 20.7. The van der Waals surface area contributed by atoms with Gasteiger partial charge in [-0.25, -0.2) is 4.98 Å². The van der Waals surface area contributed by atoms with E-state index in [1.807, 2.05) is 24.3 Å². The molecule has 0 bridgehead atoms. The first-order valence-corrected chi connectivity index (χ1v) is 11.1. The Labute approximate surface area is 195 Å². The zero-order valence-electron chi connectivity index (χ0n) is 17.2. The quantitative estimate of drug-likeness (QED) is 0.446. The Kier molecular flexibility index (Phi) is 5.41. The van der Waals surface area contributed by atoms with E-state index < -0.39 is 5.91 Å². The molecule has 0 spiro atoms. The van der Waals surface area contributed by atoms with Crippen molar-refractivity contribution in [3.63, 3.8) is 0 Å². The average Bonchev–Trinajstić information content (AvgIpc) is 3.25. The third-order valence-corrected chi connectivity index (χ3v) is 6.63. The number of primary amides is 1. The number of piperazine rings is 1. The zero-order chi connectivity index (χ0) is 22.2. The monoisotopic (exact) mass is 465 g/mol. The summed E-state index contributed by atoms with van der Waals surface area (Å²) in [6.07, 6.45) is 0. The number of carbonyl (C=O) groups excluding carboxylic acids is 1. The summed E-state index contributed by atoms with van der Waals surface area (Å²) in [6.45, 7) is 3.52. The lowest BCUT2D eigenvalue weighted by atomic mass is 10.1. The topological polar surface area (TPSA) is 78.2 Å². The van der Waals surface area contributed by atoms with Gasteiger partial charge in [0.2, 0.25) is 5.91 Å². The van der Waals surface area contributed by atoms with Gasteiger partial charge in [0.05, 0.1) is 26.8 Å². The molecule has 0 radical (unpaired) electrons. The second-order valence-electron chi connectivity index (χ2n) is 7.78. The molecule has 1 saturated heterocycles. The van der Waals surface area contributed by atoms with Crippen molar-refractivity contribution in [3.05, 3.63) is 76.3 Å². The van der Waals surface area contributed by atoms with Crippen molar-refractivity contribution >= 4 is 51.5 Å². The molecule has 5 rings (SSSR count). The van der Waals surface area contributed by atoms with E-state index in [9.17, 15) is 4.79 Å². The Morgan fingerprint density at radius 3 is 2.38 bits per heavy atom. The van der Waals surface area contributed by atoms with Crippen molar-refractivity contribution in [2.75, 3.05) is 36.0 Å². The second kappa shape index (κ2) is 8.37. The molecule has 1 fully saturated rings. The van der Waals surface area contributed by atoms with Crippen LogP contribution in [0.2, 0.25) is 10.0 Å². The first-order chi connectivity index (χ1) is 15.5. The number of amides is 1. The van der Waals surface area contributed by atoms with Crippen LogP contribution < -0.4 is 15.5 Å². The van der Waals surface area contributed by atoms with Gasteiger partial charge in [-0.3, -0.25) is 4.79 Å². The second-order valence-corrected chi connectivity index (χ2v) is 8.56. The Balaban J connectivity index is 1.30. The molecule has 162 valence electrons. The molecule has 1 aliphatic rings. The summed E-state index contributed by atoms with van der Waals surface area (Å²) in [5.41, 5.74) is 10.5. The van der Waals surface area contributed by atoms with Gasteiger partial charge in [-0.2, -0.15) is 0 Å². The molecule has 3 aromatic carbocycles. The van der Waals surface area contributed by atoms with Gasteiger partial charge in [-0.15, -0.1) is 0 Å². The van der Waals surface area contributed by atoms with Crippen LogP contribution in [0.5, 0.6) is 0 Å². The van der Waals surface area contributed by atoms with E-state index >= 15 is 0 Å². The fourth-order valence-corrected chi connectivity index (χ4v) is 4.48. The van der Waals surface area contributed by atoms with Crippen LogP contribution in [0.4, 0.5) is 11.4 Å². The number of H-pyrrole nitrogens is 1. The lowest BCUT2D eigenvalue weighted by Gasteiger charge is -2.37. The molecular weight excluding hydrogens is 445 g/mol. The fourth-order valence-electron chi connectivity index (χ4n) is 4.07. The number of nitrogens with zero attached hydrogens (tertiary/aromatic N) is 3. The average molecular weight is 466 g/mol. The predicted molar refractivity (Wildman–Crippen MR) is 131 cm³/mol. The van der Waals surface area contributed by atoms with Crippen LogP contribution in [-0.4, -0.2) is 42.1 Å². The van der Waals surface area contributed by atoms with E-state index in [0.29, 0.717) is 15.6 Å². The highest BCUT2D eigenvalue weighted by molar-refractivity contribution is 6.43. The molecule has 8 heteroatoms. The van der Waals surface area contributed by atoms with E-state index in [1.165, 1.54) is 0 Å². The summed E-state index contributed by atoms with van der Waals surface area (Å²) < 4.78 is 0. The number of imidazole rings is 1. The maximum atomic E-state index is 11.4. The van der Waals surface area contributed by atoms with Gasteiger partial charge in [-0.05, 0) is 54.6 Å². The minimum absolute atomic E-state index is 0.448. The van der Waals surface area contributed by atoms with Crippen molar-refractivity contribution in [3.8, 4) is 11.4 Å². The molecule has 4 aromatic rings. The number of hydrogen-bond acceptors (Lipinski definition) is 4. The van der Waals surface area contributed by atoms with E-state index in [2.05, 4.69) is 44.0 Å². The van der Waals surface area contributed by atoms with Gasteiger partial charge in [-0.1, -0.05) is 29.3 Å². The Hall–Kier alpha value is -3.22. The molecule has 32 heavy (non-hydrogen) atoms. The third-order valence-electron chi connectivity index (χ3n) is 5.83. The molecule has 6 nitrogen and oxygen atoms in total. The first-order valence-electron chi connectivity index (χ1n) is 10.3. The summed E-state index contributed by atoms with van der Waals surface area (Å²) in [5.74, 6) is 0.298. The van der Waals surface area contributed by atoms with Crippen molar-refractivity contribution in [1.82, 2.24) is 9.97 Å². The minimum atomic E-state index is -0.460. The van der Waals surface area contributed by atoms with Gasteiger partial charge in [0.15, 0.2) is 0 Å². The van der Waals surface area contributed by atoms with Crippen LogP contribution in [0.25, 0.3) is 22.4 Å². The van der Waals surface area contributed by atoms with E-state index in [1.54, 1.807) is 12.1 Å². The molecule has 1 aliphatic heterocycles. The van der Waals surface area contributed by atoms with E-state index in [4.69, 9.17) is 28.9 Å². The summed E-state index contributed by atoms with van der Waals surface area (Å²) in [7, 11) is 0. The fraction of sp³-hybridized carbons (Fsp3) is 0.167. The predicted octanol–water partition coefficient (Wildman–Crippen LogP) is 4.96. The molecule has 0 atom stereocenters. The van der Waals surface area contributed by atoms with Crippen LogP contribution in [-0.2, 0) is 0 Å². The number of hydrogen-bond donors (Lipinski definition) is 2. The Bertz CT molecular complexity index is 1290. The number of nitrogens with one attached hydrogen (secondary N) is 1. The van der Waals surface area contributed by atoms with Crippen molar-refractivity contribution in [2.24, 2.45) is 5.73 Å². The van der Waals surface area contributed by atoms with E-state index in [0.717, 1.165) is 60.0 Å². The van der Waals surface area contributed by atoms with Crippen molar-refractivity contribution in [1.29, 1.82) is 0 Å². The van der Waals surface area contributed by atoms with Crippen LogP contribution in [0.1, 0.15) is 10.4 Å². The highest BCUT2D eigenvalue weighted by atomic mass is 35.5. The van der Waals surface area contributed by atoms with Crippen molar-refractivity contribution < 1.29 is 4.79 Å². The number of aromatic amines is 1. The van der Waals surface area contributed by atoms with Gasteiger partial charge in [0.25, 0.3) is 0 Å². The number of fused-ring (bicyclic) bond motifs is 1. The largest absolute Gasteiger partial charge is 0.368 e. The van der Waals surface area contributed by atoms with Gasteiger partial charge >= 0.3 is 0 Å². The molecule has 0 aliphatic carbocycles. The SMILES string of the molecule is NC(=O)c1ccc2[nH]c(-c3ccc(N4CCN(c5cccc(Cl)c5Cl)CC4)cc3)nc2c1. The molecule has 2 heterocycles. The van der Waals surface area contributed by atoms with Gasteiger partial charge < -0.3 is 20.5 Å². The molecule has 1 aromatic heterocycles. The summed E-state index contributed by atoms with van der Waals surface area (Å²) in [6, 6.07) is 19.3. The van der Waals surface area contributed by atoms with E-state index in [-0.39, 0.29) is 0 Å². The van der Waals surface area contributed by atoms with Gasteiger partial charge in [0, 0.05) is 43.0 Å². The molecule has 1 amide bonds. The Morgan fingerprint density at radius 1 is 0.938 bits per heavy atom. The van der Waals surface area contributed by atoms with Crippen LogP contribution in [0.15, 0.2) is 60.7 Å². The summed E-state index contributed by atoms with van der Waals surface area (Å²) >= 11 is 12.6. The normalized spacial score (nSPS) is 14.2. The number of rotatable bonds is 4. The number of halogens is 2. The number of anilines is 2. The van der Waals surface area contributed by atoms with Crippen LogP contribution >= 0.6 is 23.2 Å². The molecular formula is C24H21Cl2N5O. The summed E-state index contributed by atoms with van der Waals surface area (Å²) in [4.78, 5) is 24.0. The van der Waals surface area contributed by atoms with Crippen LogP contribution in [0.3, 0.4) is 0 Å². The maximum Gasteiger partial charge on any atom is 0.248 e. The highest BCUT2D eigenvalue weighted by Gasteiger charge is 2.20.